The fourth-order valence-corrected chi connectivity index (χ4v) is 3.31. The molecule has 1 unspecified atom stereocenters. The number of carbonyl (C=O) groups is 1. The SMILES string of the molecule is CC1CCN(c2ccc(C(=O)N3CCCC(N)C3)cn2)CC1.Cl.Cl. The molecule has 2 saturated heterocycles. The number of anilines is 1. The number of pyridine rings is 1. The summed E-state index contributed by atoms with van der Waals surface area (Å²) in [7, 11) is 0. The van der Waals surface area contributed by atoms with Crippen molar-refractivity contribution in [2.45, 2.75) is 38.6 Å². The lowest BCUT2D eigenvalue weighted by molar-refractivity contribution is 0.0708. The molecule has 2 fully saturated rings. The van der Waals surface area contributed by atoms with E-state index in [1.165, 1.54) is 12.8 Å². The molecule has 2 aliphatic rings. The van der Waals surface area contributed by atoms with E-state index in [1.54, 1.807) is 6.20 Å². The van der Waals surface area contributed by atoms with E-state index in [1.807, 2.05) is 17.0 Å². The largest absolute Gasteiger partial charge is 0.357 e. The molecule has 0 radical (unpaired) electrons. The second kappa shape index (κ2) is 9.44. The number of hydrogen-bond acceptors (Lipinski definition) is 4. The van der Waals surface area contributed by atoms with E-state index in [0.717, 1.165) is 44.2 Å². The van der Waals surface area contributed by atoms with Gasteiger partial charge in [0.2, 0.25) is 0 Å². The van der Waals surface area contributed by atoms with Crippen LogP contribution in [-0.2, 0) is 0 Å². The molecule has 24 heavy (non-hydrogen) atoms. The zero-order chi connectivity index (χ0) is 15.5. The van der Waals surface area contributed by atoms with Gasteiger partial charge < -0.3 is 15.5 Å². The first kappa shape index (κ1) is 21.0. The smallest absolute Gasteiger partial charge is 0.255 e. The van der Waals surface area contributed by atoms with Crippen LogP contribution >= 0.6 is 24.8 Å². The van der Waals surface area contributed by atoms with E-state index in [2.05, 4.69) is 16.8 Å². The fraction of sp³-hybridized carbons (Fsp3) is 0.647. The first-order valence-electron chi connectivity index (χ1n) is 8.39. The quantitative estimate of drug-likeness (QED) is 0.864. The predicted octanol–water partition coefficient (Wildman–Crippen LogP) is 2.72. The predicted molar refractivity (Wildman–Crippen MR) is 102 cm³/mol. The Kier molecular flexibility index (Phi) is 8.27. The molecule has 0 aliphatic carbocycles. The molecule has 0 aromatic carbocycles. The van der Waals surface area contributed by atoms with Crippen LogP contribution in [0.5, 0.6) is 0 Å². The summed E-state index contributed by atoms with van der Waals surface area (Å²) >= 11 is 0. The van der Waals surface area contributed by atoms with Gasteiger partial charge in [0.15, 0.2) is 0 Å². The number of amides is 1. The number of nitrogens with two attached hydrogens (primary N) is 1. The van der Waals surface area contributed by atoms with Crippen LogP contribution in [0, 0.1) is 5.92 Å². The van der Waals surface area contributed by atoms with Crippen molar-refractivity contribution in [3.8, 4) is 0 Å². The van der Waals surface area contributed by atoms with Crippen molar-refractivity contribution < 1.29 is 4.79 Å². The molecule has 0 saturated carbocycles. The van der Waals surface area contributed by atoms with Crippen molar-refractivity contribution in [1.82, 2.24) is 9.88 Å². The Hall–Kier alpha value is -1.04. The lowest BCUT2D eigenvalue weighted by atomic mass is 9.99. The van der Waals surface area contributed by atoms with E-state index in [0.29, 0.717) is 12.1 Å². The van der Waals surface area contributed by atoms with Crippen LogP contribution < -0.4 is 10.6 Å². The average molecular weight is 375 g/mol. The van der Waals surface area contributed by atoms with Gasteiger partial charge in [0, 0.05) is 38.4 Å². The Morgan fingerprint density at radius 1 is 1.17 bits per heavy atom. The molecule has 0 spiro atoms. The molecule has 7 heteroatoms. The first-order chi connectivity index (χ1) is 10.6. The third kappa shape index (κ3) is 4.98. The lowest BCUT2D eigenvalue weighted by Crippen LogP contribution is -2.45. The highest BCUT2D eigenvalue weighted by molar-refractivity contribution is 5.94. The monoisotopic (exact) mass is 374 g/mol. The minimum absolute atomic E-state index is 0. The van der Waals surface area contributed by atoms with Crippen molar-refractivity contribution in [3.63, 3.8) is 0 Å². The normalized spacial score (nSPS) is 21.7. The summed E-state index contributed by atoms with van der Waals surface area (Å²) in [5.41, 5.74) is 6.63. The number of carbonyl (C=O) groups excluding carboxylic acids is 1. The molecule has 5 nitrogen and oxygen atoms in total. The van der Waals surface area contributed by atoms with Gasteiger partial charge in [-0.25, -0.2) is 4.98 Å². The van der Waals surface area contributed by atoms with Crippen LogP contribution in [0.15, 0.2) is 18.3 Å². The molecule has 1 atom stereocenters. The summed E-state index contributed by atoms with van der Waals surface area (Å²) in [5.74, 6) is 1.85. The number of nitrogens with zero attached hydrogens (tertiary/aromatic N) is 3. The van der Waals surface area contributed by atoms with Gasteiger partial charge in [-0.2, -0.15) is 0 Å². The van der Waals surface area contributed by atoms with Gasteiger partial charge in [0.05, 0.1) is 5.56 Å². The molecule has 1 aromatic heterocycles. The van der Waals surface area contributed by atoms with Crippen LogP contribution in [0.2, 0.25) is 0 Å². The Labute approximate surface area is 156 Å². The molecule has 1 amide bonds. The van der Waals surface area contributed by atoms with Gasteiger partial charge >= 0.3 is 0 Å². The van der Waals surface area contributed by atoms with E-state index >= 15 is 0 Å². The van der Waals surface area contributed by atoms with Gasteiger partial charge in [-0.3, -0.25) is 4.79 Å². The van der Waals surface area contributed by atoms with E-state index in [-0.39, 0.29) is 36.8 Å². The maximum absolute atomic E-state index is 12.5. The van der Waals surface area contributed by atoms with Crippen LogP contribution in [-0.4, -0.2) is 48.0 Å². The lowest BCUT2D eigenvalue weighted by Gasteiger charge is -2.32. The highest BCUT2D eigenvalue weighted by Gasteiger charge is 2.23. The standard InChI is InChI=1S/C17H26N4O.2ClH/c1-13-6-9-20(10-7-13)16-5-4-14(11-19-16)17(22)21-8-2-3-15(18)12-21;;/h4-5,11,13,15H,2-3,6-10,12,18H2,1H3;2*1H. The van der Waals surface area contributed by atoms with E-state index in [4.69, 9.17) is 5.73 Å². The fourth-order valence-electron chi connectivity index (χ4n) is 3.31. The van der Waals surface area contributed by atoms with Gasteiger partial charge in [0.1, 0.15) is 5.82 Å². The molecular formula is C17H28Cl2N4O. The minimum Gasteiger partial charge on any atom is -0.357 e. The second-order valence-corrected chi connectivity index (χ2v) is 6.73. The Bertz CT molecular complexity index is 518. The summed E-state index contributed by atoms with van der Waals surface area (Å²) in [6, 6.07) is 4.00. The highest BCUT2D eigenvalue weighted by atomic mass is 35.5. The molecule has 3 heterocycles. The summed E-state index contributed by atoms with van der Waals surface area (Å²) in [6.07, 6.45) is 6.15. The maximum Gasteiger partial charge on any atom is 0.255 e. The van der Waals surface area contributed by atoms with E-state index < -0.39 is 0 Å². The number of aromatic nitrogens is 1. The van der Waals surface area contributed by atoms with Crippen molar-refractivity contribution in [1.29, 1.82) is 0 Å². The maximum atomic E-state index is 12.5. The van der Waals surface area contributed by atoms with Crippen molar-refractivity contribution in [3.05, 3.63) is 23.9 Å². The molecule has 2 aliphatic heterocycles. The molecule has 0 bridgehead atoms. The number of piperidine rings is 2. The van der Waals surface area contributed by atoms with Crippen LogP contribution in [0.1, 0.15) is 43.0 Å². The third-order valence-electron chi connectivity index (χ3n) is 4.85. The van der Waals surface area contributed by atoms with Crippen molar-refractivity contribution >= 4 is 36.5 Å². The Morgan fingerprint density at radius 2 is 1.88 bits per heavy atom. The molecule has 2 N–H and O–H groups in total. The van der Waals surface area contributed by atoms with Crippen molar-refractivity contribution in [2.75, 3.05) is 31.1 Å². The van der Waals surface area contributed by atoms with Gasteiger partial charge in [-0.05, 0) is 43.7 Å². The van der Waals surface area contributed by atoms with Gasteiger partial charge in [0.25, 0.3) is 5.91 Å². The molecule has 3 rings (SSSR count). The first-order valence-corrected chi connectivity index (χ1v) is 8.39. The zero-order valence-electron chi connectivity index (χ0n) is 14.2. The molecule has 1 aromatic rings. The summed E-state index contributed by atoms with van der Waals surface area (Å²) in [5, 5.41) is 0. The Morgan fingerprint density at radius 3 is 2.46 bits per heavy atom. The second-order valence-electron chi connectivity index (χ2n) is 6.73. The third-order valence-corrected chi connectivity index (χ3v) is 4.85. The minimum atomic E-state index is 0. The van der Waals surface area contributed by atoms with Crippen LogP contribution in [0.25, 0.3) is 0 Å². The molecule has 136 valence electrons. The number of halogens is 2. The van der Waals surface area contributed by atoms with Crippen molar-refractivity contribution in [2.24, 2.45) is 11.7 Å². The zero-order valence-corrected chi connectivity index (χ0v) is 15.8. The Balaban J connectivity index is 0.00000144. The molecular weight excluding hydrogens is 347 g/mol. The number of likely N-dealkylation sites (tertiary alicyclic amines) is 1. The topological polar surface area (TPSA) is 62.5 Å². The van der Waals surface area contributed by atoms with Crippen LogP contribution in [0.4, 0.5) is 5.82 Å². The van der Waals surface area contributed by atoms with Crippen LogP contribution in [0.3, 0.4) is 0 Å². The highest BCUT2D eigenvalue weighted by Crippen LogP contribution is 2.21. The summed E-state index contributed by atoms with van der Waals surface area (Å²) in [6.45, 7) is 5.88. The summed E-state index contributed by atoms with van der Waals surface area (Å²) in [4.78, 5) is 21.2. The number of rotatable bonds is 2. The van der Waals surface area contributed by atoms with E-state index in [9.17, 15) is 4.79 Å². The summed E-state index contributed by atoms with van der Waals surface area (Å²) < 4.78 is 0. The number of hydrogen-bond donors (Lipinski definition) is 1. The average Bonchev–Trinajstić information content (AvgIpc) is 2.55. The van der Waals surface area contributed by atoms with Gasteiger partial charge in [-0.1, -0.05) is 6.92 Å². The van der Waals surface area contributed by atoms with Gasteiger partial charge in [-0.15, -0.1) is 24.8 Å².